The van der Waals surface area contributed by atoms with Crippen molar-refractivity contribution in [3.8, 4) is 0 Å². The van der Waals surface area contributed by atoms with Crippen LogP contribution in [0.5, 0.6) is 0 Å². The molecule has 19 heavy (non-hydrogen) atoms. The highest BCUT2D eigenvalue weighted by Gasteiger charge is 2.13. The predicted octanol–water partition coefficient (Wildman–Crippen LogP) is 1.52. The Labute approximate surface area is 109 Å². The van der Waals surface area contributed by atoms with Gasteiger partial charge in [0.15, 0.2) is 5.58 Å². The number of unbranched alkanes of at least 4 members (excludes halogenated alkanes) is 1. The van der Waals surface area contributed by atoms with Crippen molar-refractivity contribution in [2.45, 2.75) is 26.3 Å². The topological polar surface area (TPSA) is 87.5 Å². The SMILES string of the molecule is CCCCOC(=O)Cn1c(=O)oc2ccc(N)cc21. The van der Waals surface area contributed by atoms with Crippen molar-refractivity contribution in [2.24, 2.45) is 0 Å². The fourth-order valence-electron chi connectivity index (χ4n) is 1.73. The van der Waals surface area contributed by atoms with Gasteiger partial charge in [0, 0.05) is 5.69 Å². The number of benzene rings is 1. The summed E-state index contributed by atoms with van der Waals surface area (Å²) in [6.45, 7) is 2.20. The minimum Gasteiger partial charge on any atom is -0.464 e. The number of nitrogens with zero attached hydrogens (tertiary/aromatic N) is 1. The molecule has 0 spiro atoms. The Balaban J connectivity index is 2.20. The zero-order valence-electron chi connectivity index (χ0n) is 10.7. The number of oxazole rings is 1. The van der Waals surface area contributed by atoms with E-state index in [1.807, 2.05) is 6.92 Å². The van der Waals surface area contributed by atoms with Gasteiger partial charge in [-0.25, -0.2) is 4.79 Å². The lowest BCUT2D eigenvalue weighted by molar-refractivity contribution is -0.144. The molecule has 1 heterocycles. The molecule has 0 bridgehead atoms. The Morgan fingerprint density at radius 2 is 2.26 bits per heavy atom. The number of carbonyl (C=O) groups excluding carboxylic acids is 1. The standard InChI is InChI=1S/C13H16N2O4/c1-2-3-6-18-12(16)8-15-10-7-9(14)4-5-11(10)19-13(15)17/h4-5,7H,2-3,6,8,14H2,1H3. The molecule has 1 aromatic carbocycles. The summed E-state index contributed by atoms with van der Waals surface area (Å²) >= 11 is 0. The molecule has 0 amide bonds. The molecule has 0 radical (unpaired) electrons. The van der Waals surface area contributed by atoms with Gasteiger partial charge in [0.2, 0.25) is 0 Å². The molecule has 2 aromatic rings. The average molecular weight is 264 g/mol. The van der Waals surface area contributed by atoms with E-state index in [0.717, 1.165) is 12.8 Å². The number of hydrogen-bond donors (Lipinski definition) is 1. The fourth-order valence-corrected chi connectivity index (χ4v) is 1.73. The minimum atomic E-state index is -0.590. The van der Waals surface area contributed by atoms with E-state index in [-0.39, 0.29) is 6.54 Å². The van der Waals surface area contributed by atoms with Gasteiger partial charge in [0.05, 0.1) is 12.1 Å². The largest absolute Gasteiger partial charge is 0.464 e. The third kappa shape index (κ3) is 2.96. The molecule has 0 unspecified atom stereocenters. The van der Waals surface area contributed by atoms with Crippen molar-refractivity contribution >= 4 is 22.8 Å². The van der Waals surface area contributed by atoms with Gasteiger partial charge < -0.3 is 14.9 Å². The molecule has 2 N–H and O–H groups in total. The average Bonchev–Trinajstić information content (AvgIpc) is 2.66. The monoisotopic (exact) mass is 264 g/mol. The molecule has 6 nitrogen and oxygen atoms in total. The Hall–Kier alpha value is -2.24. The minimum absolute atomic E-state index is 0.168. The number of aromatic nitrogens is 1. The summed E-state index contributed by atoms with van der Waals surface area (Å²) in [6, 6.07) is 4.83. The van der Waals surface area contributed by atoms with Gasteiger partial charge in [0.1, 0.15) is 6.54 Å². The highest BCUT2D eigenvalue weighted by atomic mass is 16.5. The van der Waals surface area contributed by atoms with Crippen molar-refractivity contribution in [1.29, 1.82) is 0 Å². The van der Waals surface area contributed by atoms with Crippen LogP contribution in [0.2, 0.25) is 0 Å². The van der Waals surface area contributed by atoms with E-state index in [2.05, 4.69) is 0 Å². The maximum absolute atomic E-state index is 11.7. The van der Waals surface area contributed by atoms with E-state index in [4.69, 9.17) is 14.9 Å². The van der Waals surface area contributed by atoms with Crippen LogP contribution in [0, 0.1) is 0 Å². The first-order valence-corrected chi connectivity index (χ1v) is 6.16. The highest BCUT2D eigenvalue weighted by Crippen LogP contribution is 2.16. The summed E-state index contributed by atoms with van der Waals surface area (Å²) in [5.74, 6) is -1.05. The molecule has 0 saturated carbocycles. The first-order valence-electron chi connectivity index (χ1n) is 6.16. The van der Waals surface area contributed by atoms with E-state index < -0.39 is 11.7 Å². The Bertz CT molecular complexity index is 642. The van der Waals surface area contributed by atoms with E-state index in [0.29, 0.717) is 23.4 Å². The molecular weight excluding hydrogens is 248 g/mol. The molecule has 0 aliphatic carbocycles. The Morgan fingerprint density at radius 3 is 3.00 bits per heavy atom. The number of nitrogens with two attached hydrogens (primary N) is 1. The van der Waals surface area contributed by atoms with Crippen LogP contribution >= 0.6 is 0 Å². The van der Waals surface area contributed by atoms with Crippen LogP contribution < -0.4 is 11.5 Å². The molecule has 0 saturated heterocycles. The predicted molar refractivity (Wildman–Crippen MR) is 70.8 cm³/mol. The van der Waals surface area contributed by atoms with Crippen LogP contribution in [0.3, 0.4) is 0 Å². The first-order chi connectivity index (χ1) is 9.11. The zero-order valence-corrected chi connectivity index (χ0v) is 10.7. The van der Waals surface area contributed by atoms with Crippen LogP contribution in [0.4, 0.5) is 5.69 Å². The van der Waals surface area contributed by atoms with Crippen molar-refractivity contribution in [3.63, 3.8) is 0 Å². The van der Waals surface area contributed by atoms with E-state index in [1.165, 1.54) is 4.57 Å². The normalized spacial score (nSPS) is 10.8. The lowest BCUT2D eigenvalue weighted by atomic mass is 10.3. The summed E-state index contributed by atoms with van der Waals surface area (Å²) < 4.78 is 11.3. The number of carbonyl (C=O) groups is 1. The molecule has 0 fully saturated rings. The highest BCUT2D eigenvalue weighted by molar-refractivity contribution is 5.79. The smallest absolute Gasteiger partial charge is 0.420 e. The summed E-state index contributed by atoms with van der Waals surface area (Å²) in [5.41, 5.74) is 7.06. The van der Waals surface area contributed by atoms with Gasteiger partial charge in [0.25, 0.3) is 0 Å². The second-order valence-corrected chi connectivity index (χ2v) is 4.26. The molecule has 102 valence electrons. The van der Waals surface area contributed by atoms with E-state index >= 15 is 0 Å². The van der Waals surface area contributed by atoms with E-state index in [9.17, 15) is 9.59 Å². The summed E-state index contributed by atoms with van der Waals surface area (Å²) in [5, 5.41) is 0. The Kier molecular flexibility index (Phi) is 3.89. The van der Waals surface area contributed by atoms with E-state index in [1.54, 1.807) is 18.2 Å². The van der Waals surface area contributed by atoms with Crippen LogP contribution in [0.1, 0.15) is 19.8 Å². The van der Waals surface area contributed by atoms with Gasteiger partial charge in [-0.15, -0.1) is 0 Å². The Morgan fingerprint density at radius 1 is 1.47 bits per heavy atom. The maximum Gasteiger partial charge on any atom is 0.420 e. The molecule has 1 aromatic heterocycles. The van der Waals surface area contributed by atoms with Gasteiger partial charge in [-0.2, -0.15) is 0 Å². The van der Waals surface area contributed by atoms with Crippen LogP contribution in [0.15, 0.2) is 27.4 Å². The number of fused-ring (bicyclic) bond motifs is 1. The number of hydrogen-bond acceptors (Lipinski definition) is 5. The zero-order chi connectivity index (χ0) is 13.8. The van der Waals surface area contributed by atoms with Gasteiger partial charge in [-0.1, -0.05) is 13.3 Å². The van der Waals surface area contributed by atoms with Crippen molar-refractivity contribution in [2.75, 3.05) is 12.3 Å². The molecular formula is C13H16N2O4. The number of ether oxygens (including phenoxy) is 1. The summed E-state index contributed by atoms with van der Waals surface area (Å²) in [7, 11) is 0. The molecule has 0 atom stereocenters. The van der Waals surface area contributed by atoms with Gasteiger partial charge >= 0.3 is 11.7 Å². The summed E-state index contributed by atoms with van der Waals surface area (Å²) in [4.78, 5) is 23.3. The summed E-state index contributed by atoms with van der Waals surface area (Å²) in [6.07, 6.45) is 1.75. The van der Waals surface area contributed by atoms with Crippen LogP contribution in [0.25, 0.3) is 11.1 Å². The van der Waals surface area contributed by atoms with Crippen LogP contribution in [-0.4, -0.2) is 17.1 Å². The molecule has 2 rings (SSSR count). The van der Waals surface area contributed by atoms with Gasteiger partial charge in [-0.3, -0.25) is 9.36 Å². The van der Waals surface area contributed by atoms with Crippen molar-refractivity contribution in [1.82, 2.24) is 4.57 Å². The number of rotatable bonds is 5. The maximum atomic E-state index is 11.7. The van der Waals surface area contributed by atoms with Gasteiger partial charge in [-0.05, 0) is 24.6 Å². The van der Waals surface area contributed by atoms with Crippen molar-refractivity contribution < 1.29 is 13.9 Å². The number of esters is 1. The quantitative estimate of drug-likeness (QED) is 0.502. The third-order valence-electron chi connectivity index (χ3n) is 2.74. The molecule has 0 aliphatic heterocycles. The molecule has 6 heteroatoms. The lowest BCUT2D eigenvalue weighted by Gasteiger charge is -2.04. The second-order valence-electron chi connectivity index (χ2n) is 4.26. The first kappa shape index (κ1) is 13.2. The second kappa shape index (κ2) is 5.60. The fraction of sp³-hybridized carbons (Fsp3) is 0.385. The number of nitrogen functional groups attached to an aromatic ring is 1. The van der Waals surface area contributed by atoms with Crippen molar-refractivity contribution in [3.05, 3.63) is 28.7 Å². The number of anilines is 1. The lowest BCUT2D eigenvalue weighted by Crippen LogP contribution is -2.22. The third-order valence-corrected chi connectivity index (χ3v) is 2.74. The molecule has 0 aliphatic rings. The van der Waals surface area contributed by atoms with Crippen LogP contribution in [-0.2, 0) is 16.1 Å².